The Kier molecular flexibility index (Phi) is 3.30. The number of nitriles is 1. The zero-order valence-electron chi connectivity index (χ0n) is 7.85. The molecule has 84 valence electrons. The predicted octanol–water partition coefficient (Wildman–Crippen LogP) is 1.58. The molecule has 1 rings (SSSR count). The molecule has 0 atom stereocenters. The summed E-state index contributed by atoms with van der Waals surface area (Å²) in [5.74, 6) is 0. The quantitative estimate of drug-likeness (QED) is 0.624. The van der Waals surface area contributed by atoms with E-state index in [0.717, 1.165) is 0 Å². The van der Waals surface area contributed by atoms with E-state index in [1.165, 1.54) is 0 Å². The summed E-state index contributed by atoms with van der Waals surface area (Å²) in [7, 11) is 0. The highest BCUT2D eigenvalue weighted by Gasteiger charge is 2.27. The summed E-state index contributed by atoms with van der Waals surface area (Å²) in [6, 6.07) is 1.69. The fourth-order valence-corrected chi connectivity index (χ4v) is 1.15. The maximum absolute atomic E-state index is 12.4. The molecule has 0 spiro atoms. The molecule has 16 heavy (non-hydrogen) atoms. The van der Waals surface area contributed by atoms with Crippen LogP contribution in [-0.2, 0) is 6.42 Å². The highest BCUT2D eigenvalue weighted by atomic mass is 19.3. The second kappa shape index (κ2) is 4.48. The first-order valence-electron chi connectivity index (χ1n) is 4.05. The Bertz CT molecular complexity index is 470. The van der Waals surface area contributed by atoms with Gasteiger partial charge >= 0.3 is 5.69 Å². The topological polar surface area (TPSA) is 106 Å². The van der Waals surface area contributed by atoms with Crippen LogP contribution in [0.1, 0.15) is 17.7 Å². The van der Waals surface area contributed by atoms with E-state index in [1.807, 2.05) is 0 Å². The van der Waals surface area contributed by atoms with Crippen LogP contribution in [0.4, 0.5) is 20.2 Å². The van der Waals surface area contributed by atoms with Gasteiger partial charge in [-0.15, -0.1) is 0 Å². The molecule has 2 N–H and O–H groups in total. The number of anilines is 1. The number of nitrogens with two attached hydrogens (primary N) is 1. The van der Waals surface area contributed by atoms with Crippen LogP contribution < -0.4 is 5.73 Å². The first-order chi connectivity index (χ1) is 7.49. The summed E-state index contributed by atoms with van der Waals surface area (Å²) in [6.45, 7) is 0. The van der Waals surface area contributed by atoms with Crippen molar-refractivity contribution in [2.45, 2.75) is 12.8 Å². The molecule has 1 aromatic heterocycles. The van der Waals surface area contributed by atoms with E-state index < -0.39 is 28.3 Å². The van der Waals surface area contributed by atoms with Gasteiger partial charge < -0.3 is 5.73 Å². The monoisotopic (exact) mass is 228 g/mol. The molecular weight excluding hydrogens is 222 g/mol. The molecule has 0 bridgehead atoms. The van der Waals surface area contributed by atoms with Crippen LogP contribution in [0.5, 0.6) is 0 Å². The van der Waals surface area contributed by atoms with Crippen molar-refractivity contribution < 1.29 is 13.7 Å². The first-order valence-corrected chi connectivity index (χ1v) is 4.05. The molecule has 0 aromatic carbocycles. The van der Waals surface area contributed by atoms with E-state index >= 15 is 0 Å². The third-order valence-corrected chi connectivity index (χ3v) is 1.86. The zero-order valence-corrected chi connectivity index (χ0v) is 7.85. The summed E-state index contributed by atoms with van der Waals surface area (Å²) in [5, 5.41) is 19.0. The maximum atomic E-state index is 12.4. The number of nitrogens with zero attached hydrogens (tertiary/aromatic N) is 3. The standard InChI is InChI=1S/C8H6F2N4O2/c9-8(10)4-3-13-5(1-2-11)6(12)7(4)14(15)16/h3,8H,1,12H2. The van der Waals surface area contributed by atoms with E-state index in [0.29, 0.717) is 6.20 Å². The third-order valence-electron chi connectivity index (χ3n) is 1.86. The normalized spacial score (nSPS) is 10.1. The second-order valence-corrected chi connectivity index (χ2v) is 2.82. The van der Waals surface area contributed by atoms with Gasteiger partial charge in [0.2, 0.25) is 0 Å². The van der Waals surface area contributed by atoms with Gasteiger partial charge in [0.25, 0.3) is 6.43 Å². The molecule has 0 saturated heterocycles. The minimum absolute atomic E-state index is 0.0707. The van der Waals surface area contributed by atoms with Gasteiger partial charge in [0.1, 0.15) is 11.3 Å². The highest BCUT2D eigenvalue weighted by Crippen LogP contribution is 2.34. The van der Waals surface area contributed by atoms with E-state index in [2.05, 4.69) is 4.98 Å². The van der Waals surface area contributed by atoms with Crippen molar-refractivity contribution in [3.05, 3.63) is 27.6 Å². The van der Waals surface area contributed by atoms with Gasteiger partial charge in [-0.25, -0.2) is 8.78 Å². The number of hydrogen-bond acceptors (Lipinski definition) is 5. The Morgan fingerprint density at radius 3 is 2.75 bits per heavy atom. The summed E-state index contributed by atoms with van der Waals surface area (Å²) in [5.41, 5.74) is 3.04. The SMILES string of the molecule is N#CCc1ncc(C(F)F)c([N+](=O)[O-])c1N. The Morgan fingerprint density at radius 1 is 1.69 bits per heavy atom. The van der Waals surface area contributed by atoms with Gasteiger partial charge in [-0.2, -0.15) is 5.26 Å². The molecule has 0 unspecified atom stereocenters. The van der Waals surface area contributed by atoms with E-state index in [1.54, 1.807) is 6.07 Å². The highest BCUT2D eigenvalue weighted by molar-refractivity contribution is 5.65. The molecule has 0 fully saturated rings. The minimum Gasteiger partial charge on any atom is -0.392 e. The molecule has 1 aromatic rings. The van der Waals surface area contributed by atoms with Crippen LogP contribution in [0.15, 0.2) is 6.20 Å². The smallest absolute Gasteiger partial charge is 0.304 e. The molecule has 0 aliphatic heterocycles. The van der Waals surface area contributed by atoms with Crippen LogP contribution in [0, 0.1) is 21.4 Å². The maximum Gasteiger partial charge on any atom is 0.304 e. The predicted molar refractivity (Wildman–Crippen MR) is 49.6 cm³/mol. The summed E-state index contributed by atoms with van der Waals surface area (Å²) >= 11 is 0. The average Bonchev–Trinajstić information content (AvgIpc) is 2.20. The second-order valence-electron chi connectivity index (χ2n) is 2.82. The largest absolute Gasteiger partial charge is 0.392 e. The molecule has 0 aliphatic rings. The van der Waals surface area contributed by atoms with Gasteiger partial charge in [0.05, 0.1) is 23.1 Å². The van der Waals surface area contributed by atoms with Crippen molar-refractivity contribution >= 4 is 11.4 Å². The number of hydrogen-bond donors (Lipinski definition) is 1. The molecular formula is C8H6F2N4O2. The summed E-state index contributed by atoms with van der Waals surface area (Å²) < 4.78 is 24.8. The Labute approximate surface area is 88.5 Å². The number of nitro groups is 1. The summed E-state index contributed by atoms with van der Waals surface area (Å²) in [4.78, 5) is 13.1. The molecule has 1 heterocycles. The fourth-order valence-electron chi connectivity index (χ4n) is 1.15. The number of alkyl halides is 2. The molecule has 0 amide bonds. The van der Waals surface area contributed by atoms with Crippen molar-refractivity contribution in [1.29, 1.82) is 5.26 Å². The lowest BCUT2D eigenvalue weighted by Crippen LogP contribution is -2.06. The summed E-state index contributed by atoms with van der Waals surface area (Å²) in [6.07, 6.45) is -2.63. The molecule has 0 aliphatic carbocycles. The number of rotatable bonds is 3. The number of halogens is 2. The average molecular weight is 228 g/mol. The van der Waals surface area contributed by atoms with Crippen molar-refractivity contribution in [1.82, 2.24) is 4.98 Å². The van der Waals surface area contributed by atoms with E-state index in [9.17, 15) is 18.9 Å². The van der Waals surface area contributed by atoms with Gasteiger partial charge in [-0.05, 0) is 0 Å². The van der Waals surface area contributed by atoms with Crippen LogP contribution in [0.2, 0.25) is 0 Å². The molecule has 6 nitrogen and oxygen atoms in total. The number of nitrogen functional groups attached to an aromatic ring is 1. The van der Waals surface area contributed by atoms with E-state index in [4.69, 9.17) is 11.0 Å². The first kappa shape index (κ1) is 11.8. The molecule has 0 saturated carbocycles. The van der Waals surface area contributed by atoms with Crippen molar-refractivity contribution in [2.75, 3.05) is 5.73 Å². The third kappa shape index (κ3) is 2.03. The lowest BCUT2D eigenvalue weighted by atomic mass is 10.1. The van der Waals surface area contributed by atoms with E-state index in [-0.39, 0.29) is 12.1 Å². The van der Waals surface area contributed by atoms with Gasteiger partial charge in [0, 0.05) is 6.20 Å². The zero-order chi connectivity index (χ0) is 12.3. The Balaban J connectivity index is 3.43. The lowest BCUT2D eigenvalue weighted by Gasteiger charge is -2.06. The van der Waals surface area contributed by atoms with Gasteiger partial charge in [-0.1, -0.05) is 0 Å². The van der Waals surface area contributed by atoms with Crippen LogP contribution in [-0.4, -0.2) is 9.91 Å². The molecule has 0 radical (unpaired) electrons. The minimum atomic E-state index is -3.04. The van der Waals surface area contributed by atoms with Crippen LogP contribution >= 0.6 is 0 Å². The lowest BCUT2D eigenvalue weighted by molar-refractivity contribution is -0.385. The fraction of sp³-hybridized carbons (Fsp3) is 0.250. The van der Waals surface area contributed by atoms with Crippen molar-refractivity contribution in [3.63, 3.8) is 0 Å². The van der Waals surface area contributed by atoms with Crippen LogP contribution in [0.3, 0.4) is 0 Å². The number of aromatic nitrogens is 1. The number of pyridine rings is 1. The van der Waals surface area contributed by atoms with Crippen molar-refractivity contribution in [2.24, 2.45) is 0 Å². The molecule has 8 heteroatoms. The van der Waals surface area contributed by atoms with Crippen LogP contribution in [0.25, 0.3) is 0 Å². The Morgan fingerprint density at radius 2 is 2.31 bits per heavy atom. The van der Waals surface area contributed by atoms with Gasteiger partial charge in [0.15, 0.2) is 0 Å². The van der Waals surface area contributed by atoms with Gasteiger partial charge in [-0.3, -0.25) is 15.1 Å². The Hall–Kier alpha value is -2.30. The van der Waals surface area contributed by atoms with Crippen molar-refractivity contribution in [3.8, 4) is 6.07 Å².